The van der Waals surface area contributed by atoms with Crippen molar-refractivity contribution in [3.8, 4) is 5.75 Å². The van der Waals surface area contributed by atoms with Crippen LogP contribution in [0, 0.1) is 10.1 Å². The van der Waals surface area contributed by atoms with Crippen LogP contribution in [0.1, 0.15) is 18.4 Å². The molecule has 0 amide bonds. The van der Waals surface area contributed by atoms with Crippen LogP contribution in [0.25, 0.3) is 0 Å². The molecule has 20 heavy (non-hydrogen) atoms. The van der Waals surface area contributed by atoms with Gasteiger partial charge in [-0.1, -0.05) is 30.3 Å². The van der Waals surface area contributed by atoms with Gasteiger partial charge in [0.15, 0.2) is 0 Å². The molecule has 0 bridgehead atoms. The normalized spacial score (nSPS) is 11.7. The molecule has 5 heteroatoms. The van der Waals surface area contributed by atoms with E-state index in [4.69, 9.17) is 4.74 Å². The number of benzene rings is 2. The first kappa shape index (κ1) is 13.7. The minimum absolute atomic E-state index is 0.0408. The van der Waals surface area contributed by atoms with E-state index in [9.17, 15) is 14.9 Å². The van der Waals surface area contributed by atoms with Gasteiger partial charge in [-0.3, -0.25) is 14.9 Å². The van der Waals surface area contributed by atoms with E-state index in [0.717, 1.165) is 5.56 Å². The Morgan fingerprint density at radius 1 is 1.10 bits per heavy atom. The number of carbonyl (C=O) groups excluding carboxylic acids is 1. The van der Waals surface area contributed by atoms with Crippen LogP contribution in [0.15, 0.2) is 54.6 Å². The topological polar surface area (TPSA) is 69.4 Å². The average molecular weight is 271 g/mol. The molecule has 0 aliphatic heterocycles. The number of rotatable bonds is 4. The lowest BCUT2D eigenvalue weighted by Crippen LogP contribution is -2.16. The Hall–Kier alpha value is -2.69. The lowest BCUT2D eigenvalue weighted by atomic mass is 10.0. The molecule has 0 aromatic heterocycles. The highest BCUT2D eigenvalue weighted by Gasteiger charge is 2.17. The monoisotopic (exact) mass is 271 g/mol. The summed E-state index contributed by atoms with van der Waals surface area (Å²) < 4.78 is 5.20. The van der Waals surface area contributed by atoms with Gasteiger partial charge in [0.05, 0.1) is 10.8 Å². The second kappa shape index (κ2) is 5.97. The van der Waals surface area contributed by atoms with Crippen molar-refractivity contribution in [1.82, 2.24) is 0 Å². The highest BCUT2D eigenvalue weighted by Crippen LogP contribution is 2.21. The van der Waals surface area contributed by atoms with Crippen molar-refractivity contribution in [3.05, 3.63) is 70.3 Å². The molecule has 0 aliphatic carbocycles. The van der Waals surface area contributed by atoms with E-state index >= 15 is 0 Å². The fourth-order valence-electron chi connectivity index (χ4n) is 1.72. The maximum Gasteiger partial charge on any atom is 0.318 e. The number of carbonyl (C=O) groups is 1. The van der Waals surface area contributed by atoms with Crippen molar-refractivity contribution in [2.45, 2.75) is 12.8 Å². The minimum atomic E-state index is -0.502. The van der Waals surface area contributed by atoms with Gasteiger partial charge in [0.1, 0.15) is 5.75 Å². The lowest BCUT2D eigenvalue weighted by molar-refractivity contribution is -0.384. The van der Waals surface area contributed by atoms with E-state index in [2.05, 4.69) is 0 Å². The van der Waals surface area contributed by atoms with Gasteiger partial charge in [0.2, 0.25) is 0 Å². The molecule has 0 radical (unpaired) electrons. The van der Waals surface area contributed by atoms with Gasteiger partial charge in [0.25, 0.3) is 5.69 Å². The molecule has 0 N–H and O–H groups in total. The van der Waals surface area contributed by atoms with E-state index < -0.39 is 16.8 Å². The van der Waals surface area contributed by atoms with E-state index in [-0.39, 0.29) is 5.69 Å². The summed E-state index contributed by atoms with van der Waals surface area (Å²) >= 11 is 0. The van der Waals surface area contributed by atoms with Crippen LogP contribution in [0.5, 0.6) is 5.75 Å². The Morgan fingerprint density at radius 3 is 2.25 bits per heavy atom. The zero-order valence-corrected chi connectivity index (χ0v) is 10.9. The predicted molar refractivity (Wildman–Crippen MR) is 73.6 cm³/mol. The van der Waals surface area contributed by atoms with Gasteiger partial charge in [0, 0.05) is 12.1 Å². The van der Waals surface area contributed by atoms with Gasteiger partial charge in [-0.25, -0.2) is 0 Å². The van der Waals surface area contributed by atoms with Gasteiger partial charge in [-0.05, 0) is 24.6 Å². The number of non-ortho nitro benzene ring substituents is 1. The third-order valence-corrected chi connectivity index (χ3v) is 2.92. The maximum absolute atomic E-state index is 12.0. The number of nitrogens with zero attached hydrogens (tertiary/aromatic N) is 1. The number of esters is 1. The predicted octanol–water partition coefficient (Wildman–Crippen LogP) is 3.30. The first-order chi connectivity index (χ1) is 9.58. The second-order valence-corrected chi connectivity index (χ2v) is 4.30. The molecule has 0 unspecified atom stereocenters. The number of nitro groups is 1. The lowest BCUT2D eigenvalue weighted by Gasteiger charge is -2.11. The summed E-state index contributed by atoms with van der Waals surface area (Å²) in [5.74, 6) is -0.500. The van der Waals surface area contributed by atoms with Crippen LogP contribution in [0.2, 0.25) is 0 Å². The minimum Gasteiger partial charge on any atom is -0.426 e. The molecule has 0 heterocycles. The van der Waals surface area contributed by atoms with E-state index in [0.29, 0.717) is 5.75 Å². The molecule has 1 atom stereocenters. The molecule has 0 fully saturated rings. The smallest absolute Gasteiger partial charge is 0.318 e. The van der Waals surface area contributed by atoms with Gasteiger partial charge in [-0.2, -0.15) is 0 Å². The molecule has 0 saturated heterocycles. The quantitative estimate of drug-likeness (QED) is 0.370. The van der Waals surface area contributed by atoms with Crippen LogP contribution in [0.4, 0.5) is 5.69 Å². The molecule has 2 rings (SSSR count). The summed E-state index contributed by atoms with van der Waals surface area (Å²) in [6.45, 7) is 1.75. The van der Waals surface area contributed by atoms with E-state index in [1.165, 1.54) is 24.3 Å². The molecule has 5 nitrogen and oxygen atoms in total. The van der Waals surface area contributed by atoms with Gasteiger partial charge >= 0.3 is 5.97 Å². The summed E-state index contributed by atoms with van der Waals surface area (Å²) in [6.07, 6.45) is 0. The van der Waals surface area contributed by atoms with Crippen molar-refractivity contribution in [2.24, 2.45) is 0 Å². The van der Waals surface area contributed by atoms with E-state index in [1.54, 1.807) is 6.92 Å². The fraction of sp³-hybridized carbons (Fsp3) is 0.133. The molecule has 2 aromatic carbocycles. The summed E-state index contributed by atoms with van der Waals surface area (Å²) in [4.78, 5) is 22.0. The molecule has 102 valence electrons. The van der Waals surface area contributed by atoms with Crippen LogP contribution >= 0.6 is 0 Å². The first-order valence-corrected chi connectivity index (χ1v) is 6.09. The fourth-order valence-corrected chi connectivity index (χ4v) is 1.72. The van der Waals surface area contributed by atoms with Crippen molar-refractivity contribution in [2.75, 3.05) is 0 Å². The molecular formula is C15H13NO4. The van der Waals surface area contributed by atoms with Gasteiger partial charge in [-0.15, -0.1) is 0 Å². The number of hydrogen-bond donors (Lipinski definition) is 0. The van der Waals surface area contributed by atoms with Gasteiger partial charge < -0.3 is 4.74 Å². The number of ether oxygens (including phenoxy) is 1. The molecule has 0 spiro atoms. The summed E-state index contributed by atoms with van der Waals surface area (Å²) in [7, 11) is 0. The molecule has 0 aliphatic rings. The highest BCUT2D eigenvalue weighted by atomic mass is 16.6. The Balaban J connectivity index is 2.06. The van der Waals surface area contributed by atoms with Crippen molar-refractivity contribution < 1.29 is 14.5 Å². The van der Waals surface area contributed by atoms with Crippen molar-refractivity contribution in [1.29, 1.82) is 0 Å². The van der Waals surface area contributed by atoms with E-state index in [1.807, 2.05) is 30.3 Å². The van der Waals surface area contributed by atoms with Crippen LogP contribution in [-0.4, -0.2) is 10.9 Å². The first-order valence-electron chi connectivity index (χ1n) is 6.09. The van der Waals surface area contributed by atoms with Crippen molar-refractivity contribution >= 4 is 11.7 Å². The zero-order chi connectivity index (χ0) is 14.5. The Kier molecular flexibility index (Phi) is 4.10. The van der Waals surface area contributed by atoms with Crippen molar-refractivity contribution in [3.63, 3.8) is 0 Å². The largest absolute Gasteiger partial charge is 0.426 e. The number of hydrogen-bond acceptors (Lipinski definition) is 4. The Labute approximate surface area is 116 Å². The molecular weight excluding hydrogens is 258 g/mol. The van der Waals surface area contributed by atoms with Crippen LogP contribution in [-0.2, 0) is 4.79 Å². The molecule has 2 aromatic rings. The van der Waals surface area contributed by atoms with Crippen LogP contribution < -0.4 is 4.74 Å². The zero-order valence-electron chi connectivity index (χ0n) is 10.9. The summed E-state index contributed by atoms with van der Waals surface area (Å²) in [5, 5.41) is 10.5. The Morgan fingerprint density at radius 2 is 1.70 bits per heavy atom. The second-order valence-electron chi connectivity index (χ2n) is 4.30. The third kappa shape index (κ3) is 3.20. The highest BCUT2D eigenvalue weighted by molar-refractivity contribution is 5.79. The average Bonchev–Trinajstić information content (AvgIpc) is 2.48. The van der Waals surface area contributed by atoms with Crippen LogP contribution in [0.3, 0.4) is 0 Å². The Bertz CT molecular complexity index is 608. The maximum atomic E-state index is 12.0. The SMILES string of the molecule is C[C@H](C(=O)Oc1ccc([N+](=O)[O-])cc1)c1ccccc1. The number of nitro benzene ring substituents is 1. The standard InChI is InChI=1S/C15H13NO4/c1-11(12-5-3-2-4-6-12)15(17)20-14-9-7-13(8-10-14)16(18)19/h2-11H,1H3/t11-/m0/s1. The third-order valence-electron chi connectivity index (χ3n) is 2.92. The summed E-state index contributed by atoms with van der Waals surface area (Å²) in [6, 6.07) is 14.7. The summed E-state index contributed by atoms with van der Waals surface area (Å²) in [5.41, 5.74) is 0.820. The molecule has 0 saturated carbocycles.